The molecule has 6 heteroatoms. The number of nitrogens with zero attached hydrogens (tertiary/aromatic N) is 2. The molecule has 24 heavy (non-hydrogen) atoms. The minimum absolute atomic E-state index is 0.00564. The molecule has 0 unspecified atom stereocenters. The summed E-state index contributed by atoms with van der Waals surface area (Å²) in [5, 5.41) is 0. The van der Waals surface area contributed by atoms with Crippen molar-refractivity contribution in [2.24, 2.45) is 0 Å². The number of carbonyl (C=O) groups excluding carboxylic acids is 2. The zero-order valence-corrected chi connectivity index (χ0v) is 13.3. The van der Waals surface area contributed by atoms with Gasteiger partial charge in [-0.25, -0.2) is 4.39 Å². The molecular formula is C18H19FN2O3. The molecule has 0 spiro atoms. The lowest BCUT2D eigenvalue weighted by Gasteiger charge is -2.21. The van der Waals surface area contributed by atoms with E-state index in [1.54, 1.807) is 34.1 Å². The summed E-state index contributed by atoms with van der Waals surface area (Å²) in [5.41, 5.74) is 0.786. The molecule has 1 aromatic carbocycles. The van der Waals surface area contributed by atoms with Gasteiger partial charge in [-0.15, -0.1) is 0 Å². The van der Waals surface area contributed by atoms with Gasteiger partial charge in [0.05, 0.1) is 12.7 Å². The first-order chi connectivity index (χ1) is 11.6. The third-order valence-corrected chi connectivity index (χ3v) is 4.14. The van der Waals surface area contributed by atoms with Crippen LogP contribution >= 0.6 is 0 Å². The van der Waals surface area contributed by atoms with Crippen molar-refractivity contribution >= 4 is 11.8 Å². The van der Waals surface area contributed by atoms with Crippen molar-refractivity contribution < 1.29 is 18.4 Å². The molecule has 126 valence electrons. The highest BCUT2D eigenvalue weighted by molar-refractivity contribution is 5.91. The fourth-order valence-electron chi connectivity index (χ4n) is 2.81. The van der Waals surface area contributed by atoms with Gasteiger partial charge in [-0.05, 0) is 36.2 Å². The Hall–Kier alpha value is -2.63. The molecule has 1 fully saturated rings. The Morgan fingerprint density at radius 3 is 2.42 bits per heavy atom. The van der Waals surface area contributed by atoms with Gasteiger partial charge in [0.25, 0.3) is 5.91 Å². The Kier molecular flexibility index (Phi) is 4.93. The maximum Gasteiger partial charge on any atom is 0.289 e. The number of carbonyl (C=O) groups is 2. The minimum atomic E-state index is -0.312. The molecule has 5 nitrogen and oxygen atoms in total. The maximum atomic E-state index is 12.9. The fourth-order valence-corrected chi connectivity index (χ4v) is 2.81. The zero-order valence-electron chi connectivity index (χ0n) is 13.3. The lowest BCUT2D eigenvalue weighted by Crippen LogP contribution is -2.37. The molecule has 0 radical (unpaired) electrons. The van der Waals surface area contributed by atoms with Crippen LogP contribution in [0.25, 0.3) is 0 Å². The van der Waals surface area contributed by atoms with Gasteiger partial charge in [-0.2, -0.15) is 0 Å². The minimum Gasteiger partial charge on any atom is -0.459 e. The fraction of sp³-hybridized carbons (Fsp3) is 0.333. The van der Waals surface area contributed by atoms with Crippen molar-refractivity contribution in [2.75, 3.05) is 26.2 Å². The maximum absolute atomic E-state index is 12.9. The van der Waals surface area contributed by atoms with E-state index in [1.165, 1.54) is 18.4 Å². The molecule has 1 aliphatic rings. The van der Waals surface area contributed by atoms with Crippen LogP contribution in [-0.4, -0.2) is 47.8 Å². The van der Waals surface area contributed by atoms with Crippen LogP contribution in [0.3, 0.4) is 0 Å². The zero-order chi connectivity index (χ0) is 16.9. The molecule has 1 aliphatic heterocycles. The topological polar surface area (TPSA) is 53.8 Å². The van der Waals surface area contributed by atoms with E-state index in [0.29, 0.717) is 31.9 Å². The van der Waals surface area contributed by atoms with E-state index in [1.807, 2.05) is 0 Å². The summed E-state index contributed by atoms with van der Waals surface area (Å²) in [4.78, 5) is 28.2. The van der Waals surface area contributed by atoms with E-state index in [-0.39, 0.29) is 24.1 Å². The van der Waals surface area contributed by atoms with Crippen LogP contribution in [0.2, 0.25) is 0 Å². The third kappa shape index (κ3) is 3.82. The number of rotatable bonds is 3. The first-order valence-corrected chi connectivity index (χ1v) is 7.98. The summed E-state index contributed by atoms with van der Waals surface area (Å²) in [6, 6.07) is 9.29. The Balaban J connectivity index is 1.57. The molecule has 2 heterocycles. The predicted octanol–water partition coefficient (Wildman–Crippen LogP) is 2.34. The third-order valence-electron chi connectivity index (χ3n) is 4.14. The Labute approximate surface area is 139 Å². The Bertz CT molecular complexity index is 698. The van der Waals surface area contributed by atoms with Crippen molar-refractivity contribution in [2.45, 2.75) is 12.8 Å². The summed E-state index contributed by atoms with van der Waals surface area (Å²) in [6.07, 6.45) is 2.44. The standard InChI is InChI=1S/C18H19FN2O3/c19-15-6-4-14(5-7-15)13-17(22)20-8-2-9-21(11-10-20)18(23)16-3-1-12-24-16/h1,3-7,12H,2,8-11,13H2. The van der Waals surface area contributed by atoms with Crippen molar-refractivity contribution in [1.29, 1.82) is 0 Å². The number of benzene rings is 1. The molecule has 0 aliphatic carbocycles. The van der Waals surface area contributed by atoms with E-state index in [2.05, 4.69) is 0 Å². The molecule has 1 saturated heterocycles. The van der Waals surface area contributed by atoms with E-state index >= 15 is 0 Å². The first-order valence-electron chi connectivity index (χ1n) is 7.98. The molecule has 1 aromatic heterocycles. The second kappa shape index (κ2) is 7.29. The number of hydrogen-bond acceptors (Lipinski definition) is 3. The van der Waals surface area contributed by atoms with Crippen LogP contribution in [0, 0.1) is 5.82 Å². The summed E-state index contributed by atoms with van der Waals surface area (Å²) in [6.45, 7) is 2.18. The van der Waals surface area contributed by atoms with E-state index in [4.69, 9.17) is 4.42 Å². The normalized spacial score (nSPS) is 15.2. The molecule has 2 aromatic rings. The number of amides is 2. The van der Waals surface area contributed by atoms with Crippen LogP contribution in [-0.2, 0) is 11.2 Å². The quantitative estimate of drug-likeness (QED) is 0.868. The monoisotopic (exact) mass is 330 g/mol. The van der Waals surface area contributed by atoms with Gasteiger partial charge in [-0.1, -0.05) is 12.1 Å². The number of hydrogen-bond donors (Lipinski definition) is 0. The van der Waals surface area contributed by atoms with E-state index < -0.39 is 0 Å². The highest BCUT2D eigenvalue weighted by Crippen LogP contribution is 2.12. The van der Waals surface area contributed by atoms with Crippen LogP contribution in [0.4, 0.5) is 4.39 Å². The number of halogens is 1. The van der Waals surface area contributed by atoms with Crippen LogP contribution in [0.1, 0.15) is 22.5 Å². The van der Waals surface area contributed by atoms with Crippen molar-refractivity contribution in [3.05, 3.63) is 59.8 Å². The van der Waals surface area contributed by atoms with Crippen molar-refractivity contribution in [1.82, 2.24) is 9.80 Å². The second-order valence-electron chi connectivity index (χ2n) is 5.81. The second-order valence-corrected chi connectivity index (χ2v) is 5.81. The summed E-state index contributed by atoms with van der Waals surface area (Å²) in [7, 11) is 0. The largest absolute Gasteiger partial charge is 0.459 e. The van der Waals surface area contributed by atoms with E-state index in [9.17, 15) is 14.0 Å². The van der Waals surface area contributed by atoms with Crippen molar-refractivity contribution in [3.63, 3.8) is 0 Å². The molecule has 2 amide bonds. The van der Waals surface area contributed by atoms with Gasteiger partial charge >= 0.3 is 0 Å². The van der Waals surface area contributed by atoms with Crippen LogP contribution in [0.15, 0.2) is 47.1 Å². The highest BCUT2D eigenvalue weighted by atomic mass is 19.1. The molecule has 0 N–H and O–H groups in total. The SMILES string of the molecule is O=C(Cc1ccc(F)cc1)N1CCCN(C(=O)c2ccco2)CC1. The molecule has 0 bridgehead atoms. The average Bonchev–Trinajstić information content (AvgIpc) is 3.00. The number of furan rings is 1. The van der Waals surface area contributed by atoms with Crippen LogP contribution < -0.4 is 0 Å². The van der Waals surface area contributed by atoms with Crippen LogP contribution in [0.5, 0.6) is 0 Å². The smallest absolute Gasteiger partial charge is 0.289 e. The average molecular weight is 330 g/mol. The van der Waals surface area contributed by atoms with E-state index in [0.717, 1.165) is 12.0 Å². The summed E-state index contributed by atoms with van der Waals surface area (Å²) >= 11 is 0. The molecule has 0 saturated carbocycles. The first kappa shape index (κ1) is 16.2. The van der Waals surface area contributed by atoms with Gasteiger partial charge in [0.2, 0.25) is 5.91 Å². The van der Waals surface area contributed by atoms with Crippen molar-refractivity contribution in [3.8, 4) is 0 Å². The lowest BCUT2D eigenvalue weighted by molar-refractivity contribution is -0.130. The molecule has 0 atom stereocenters. The Morgan fingerprint density at radius 1 is 1.00 bits per heavy atom. The predicted molar refractivity (Wildman–Crippen MR) is 85.9 cm³/mol. The highest BCUT2D eigenvalue weighted by Gasteiger charge is 2.24. The Morgan fingerprint density at radius 2 is 1.71 bits per heavy atom. The van der Waals surface area contributed by atoms with Gasteiger partial charge in [0.15, 0.2) is 5.76 Å². The summed E-state index contributed by atoms with van der Waals surface area (Å²) < 4.78 is 18.1. The lowest BCUT2D eigenvalue weighted by atomic mass is 10.1. The molecular weight excluding hydrogens is 311 g/mol. The van der Waals surface area contributed by atoms with Gasteiger partial charge in [0.1, 0.15) is 5.82 Å². The van der Waals surface area contributed by atoms with Gasteiger partial charge < -0.3 is 14.2 Å². The van der Waals surface area contributed by atoms with Gasteiger partial charge in [-0.3, -0.25) is 9.59 Å². The molecule has 3 rings (SSSR count). The summed E-state index contributed by atoms with van der Waals surface area (Å²) in [5.74, 6) is -0.143. The van der Waals surface area contributed by atoms with Gasteiger partial charge in [0, 0.05) is 26.2 Å².